The van der Waals surface area contributed by atoms with Gasteiger partial charge in [-0.25, -0.2) is 4.79 Å². The van der Waals surface area contributed by atoms with Crippen molar-refractivity contribution in [2.45, 2.75) is 0 Å². The van der Waals surface area contributed by atoms with E-state index in [1.165, 1.54) is 6.08 Å². The number of halogens is 1. The number of aliphatic imine (C=N–C) groups is 1. The van der Waals surface area contributed by atoms with E-state index in [-0.39, 0.29) is 0 Å². The number of hydrogen-bond acceptors (Lipinski definition) is 2. The van der Waals surface area contributed by atoms with Gasteiger partial charge in [0.05, 0.1) is 5.69 Å². The fourth-order valence-electron chi connectivity index (χ4n) is 1.45. The maximum atomic E-state index is 10.2. The van der Waals surface area contributed by atoms with Crippen LogP contribution >= 0.6 is 11.6 Å². The van der Waals surface area contributed by atoms with Gasteiger partial charge in [0, 0.05) is 5.02 Å². The normalized spacial score (nSPS) is 9.56. The molecule has 0 saturated carbocycles. The van der Waals surface area contributed by atoms with Crippen molar-refractivity contribution in [1.29, 1.82) is 0 Å². The molecule has 0 spiro atoms. The predicted molar refractivity (Wildman–Crippen MR) is 64.7 cm³/mol. The van der Waals surface area contributed by atoms with Gasteiger partial charge in [-0.15, -0.1) is 0 Å². The summed E-state index contributed by atoms with van der Waals surface area (Å²) in [4.78, 5) is 13.7. The van der Waals surface area contributed by atoms with Crippen molar-refractivity contribution in [3.8, 4) is 11.1 Å². The molecule has 78 valence electrons. The lowest BCUT2D eigenvalue weighted by Crippen LogP contribution is -1.76. The third-order valence-electron chi connectivity index (χ3n) is 2.20. The van der Waals surface area contributed by atoms with Gasteiger partial charge in [0.15, 0.2) is 0 Å². The average molecular weight is 230 g/mol. The predicted octanol–water partition coefficient (Wildman–Crippen LogP) is 3.97. The van der Waals surface area contributed by atoms with E-state index in [4.69, 9.17) is 11.6 Å². The lowest BCUT2D eigenvalue weighted by molar-refractivity contribution is 0.565. The highest BCUT2D eigenvalue weighted by Gasteiger charge is 1.98. The first kappa shape index (κ1) is 10.6. The number of isocyanates is 1. The van der Waals surface area contributed by atoms with Crippen LogP contribution in [0.5, 0.6) is 0 Å². The minimum absolute atomic E-state index is 0.599. The third-order valence-corrected chi connectivity index (χ3v) is 2.45. The molecule has 0 unspecified atom stereocenters. The highest BCUT2D eigenvalue weighted by molar-refractivity contribution is 6.30. The Morgan fingerprint density at radius 2 is 1.75 bits per heavy atom. The second-order valence-corrected chi connectivity index (χ2v) is 3.70. The minimum Gasteiger partial charge on any atom is -0.211 e. The monoisotopic (exact) mass is 229 g/mol. The van der Waals surface area contributed by atoms with Crippen molar-refractivity contribution in [3.05, 3.63) is 53.6 Å². The fraction of sp³-hybridized carbons (Fsp3) is 0. The van der Waals surface area contributed by atoms with Gasteiger partial charge in [-0.3, -0.25) is 0 Å². The second-order valence-electron chi connectivity index (χ2n) is 3.26. The lowest BCUT2D eigenvalue weighted by atomic mass is 10.1. The Morgan fingerprint density at radius 3 is 2.44 bits per heavy atom. The van der Waals surface area contributed by atoms with E-state index in [1.807, 2.05) is 42.5 Å². The molecular weight excluding hydrogens is 222 g/mol. The van der Waals surface area contributed by atoms with E-state index >= 15 is 0 Å². The molecular formula is C13H8ClNO. The van der Waals surface area contributed by atoms with Crippen molar-refractivity contribution < 1.29 is 4.79 Å². The molecule has 16 heavy (non-hydrogen) atoms. The number of hydrogen-bond donors (Lipinski definition) is 0. The van der Waals surface area contributed by atoms with Crippen molar-refractivity contribution in [1.82, 2.24) is 0 Å². The van der Waals surface area contributed by atoms with Gasteiger partial charge in [0.1, 0.15) is 0 Å². The smallest absolute Gasteiger partial charge is 0.211 e. The summed E-state index contributed by atoms with van der Waals surface area (Å²) in [7, 11) is 0. The molecule has 0 aliphatic rings. The summed E-state index contributed by atoms with van der Waals surface area (Å²) in [5, 5.41) is 0.700. The van der Waals surface area contributed by atoms with Crippen LogP contribution in [0.4, 0.5) is 5.69 Å². The van der Waals surface area contributed by atoms with Gasteiger partial charge in [0.2, 0.25) is 6.08 Å². The van der Waals surface area contributed by atoms with Gasteiger partial charge in [-0.2, -0.15) is 4.99 Å². The second kappa shape index (κ2) is 4.75. The van der Waals surface area contributed by atoms with Crippen molar-refractivity contribution in [2.75, 3.05) is 0 Å². The maximum Gasteiger partial charge on any atom is 0.240 e. The van der Waals surface area contributed by atoms with Crippen LogP contribution < -0.4 is 0 Å². The van der Waals surface area contributed by atoms with Gasteiger partial charge in [-0.05, 0) is 35.4 Å². The molecule has 3 heteroatoms. The first-order valence-electron chi connectivity index (χ1n) is 4.73. The first-order chi connectivity index (χ1) is 7.79. The molecule has 0 aromatic heterocycles. The zero-order valence-corrected chi connectivity index (χ0v) is 9.11. The molecule has 0 heterocycles. The Balaban J connectivity index is 2.43. The summed E-state index contributed by atoms with van der Waals surface area (Å²) < 4.78 is 0. The quantitative estimate of drug-likeness (QED) is 0.566. The van der Waals surface area contributed by atoms with Crippen molar-refractivity contribution >= 4 is 23.4 Å². The molecule has 0 amide bonds. The average Bonchev–Trinajstić information content (AvgIpc) is 2.31. The highest BCUT2D eigenvalue weighted by atomic mass is 35.5. The van der Waals surface area contributed by atoms with Crippen LogP contribution in [0.25, 0.3) is 11.1 Å². The van der Waals surface area contributed by atoms with E-state index in [0.717, 1.165) is 11.1 Å². The summed E-state index contributed by atoms with van der Waals surface area (Å²) in [5.41, 5.74) is 2.63. The Hall–Kier alpha value is -1.89. The standard InChI is InChI=1S/C13H8ClNO/c14-12-6-4-10(5-7-12)11-2-1-3-13(8-11)15-9-16/h1-8H. The molecule has 0 atom stereocenters. The largest absolute Gasteiger partial charge is 0.240 e. The first-order valence-corrected chi connectivity index (χ1v) is 5.11. The minimum atomic E-state index is 0.599. The molecule has 2 rings (SSSR count). The third kappa shape index (κ3) is 2.37. The Labute approximate surface area is 98.2 Å². The van der Waals surface area contributed by atoms with Crippen LogP contribution in [0.3, 0.4) is 0 Å². The van der Waals surface area contributed by atoms with Gasteiger partial charge >= 0.3 is 0 Å². The molecule has 0 fully saturated rings. The van der Waals surface area contributed by atoms with Crippen LogP contribution in [0.1, 0.15) is 0 Å². The summed E-state index contributed by atoms with van der Waals surface area (Å²) >= 11 is 5.81. The topological polar surface area (TPSA) is 29.4 Å². The van der Waals surface area contributed by atoms with E-state index in [1.54, 1.807) is 6.07 Å². The van der Waals surface area contributed by atoms with Crippen molar-refractivity contribution in [2.24, 2.45) is 4.99 Å². The Kier molecular flexibility index (Phi) is 3.16. The number of nitrogens with zero attached hydrogens (tertiary/aromatic N) is 1. The van der Waals surface area contributed by atoms with Gasteiger partial charge < -0.3 is 0 Å². The molecule has 0 radical (unpaired) electrons. The van der Waals surface area contributed by atoms with Gasteiger partial charge in [0.25, 0.3) is 0 Å². The SMILES string of the molecule is O=C=Nc1cccc(-c2ccc(Cl)cc2)c1. The van der Waals surface area contributed by atoms with Crippen LogP contribution in [-0.2, 0) is 4.79 Å². The van der Waals surface area contributed by atoms with E-state index in [0.29, 0.717) is 10.7 Å². The number of rotatable bonds is 2. The maximum absolute atomic E-state index is 10.2. The van der Waals surface area contributed by atoms with Gasteiger partial charge in [-0.1, -0.05) is 35.9 Å². The van der Waals surface area contributed by atoms with Crippen LogP contribution in [-0.4, -0.2) is 6.08 Å². The zero-order chi connectivity index (χ0) is 11.4. The summed E-state index contributed by atoms with van der Waals surface area (Å²) in [6, 6.07) is 14.9. The Morgan fingerprint density at radius 1 is 1.00 bits per heavy atom. The fourth-order valence-corrected chi connectivity index (χ4v) is 1.58. The van der Waals surface area contributed by atoms with Crippen LogP contribution in [0.15, 0.2) is 53.5 Å². The van der Waals surface area contributed by atoms with Crippen LogP contribution in [0.2, 0.25) is 5.02 Å². The number of benzene rings is 2. The Bertz CT molecular complexity index is 542. The molecule has 2 aromatic carbocycles. The molecule has 2 aromatic rings. The van der Waals surface area contributed by atoms with Crippen molar-refractivity contribution in [3.63, 3.8) is 0 Å². The molecule has 0 saturated heterocycles. The molecule has 0 aliphatic heterocycles. The lowest BCUT2D eigenvalue weighted by Gasteiger charge is -2.02. The molecule has 0 N–H and O–H groups in total. The molecule has 0 bridgehead atoms. The van der Waals surface area contributed by atoms with E-state index in [2.05, 4.69) is 4.99 Å². The van der Waals surface area contributed by atoms with E-state index in [9.17, 15) is 4.79 Å². The summed E-state index contributed by atoms with van der Waals surface area (Å²) in [5.74, 6) is 0. The summed E-state index contributed by atoms with van der Waals surface area (Å²) in [6.07, 6.45) is 1.53. The molecule has 2 nitrogen and oxygen atoms in total. The van der Waals surface area contributed by atoms with E-state index < -0.39 is 0 Å². The zero-order valence-electron chi connectivity index (χ0n) is 8.35. The van der Waals surface area contributed by atoms with Crippen LogP contribution in [0, 0.1) is 0 Å². The molecule has 0 aliphatic carbocycles. The summed E-state index contributed by atoms with van der Waals surface area (Å²) in [6.45, 7) is 0. The highest BCUT2D eigenvalue weighted by Crippen LogP contribution is 2.24. The number of carbonyl (C=O) groups excluding carboxylic acids is 1.